The molecule has 2 aromatic heterocycles. The summed E-state index contributed by atoms with van der Waals surface area (Å²) < 4.78 is 12.5. The molecule has 2 heterocycles. The first-order valence-corrected chi connectivity index (χ1v) is 8.11. The highest BCUT2D eigenvalue weighted by Crippen LogP contribution is 2.22. The number of hydrogen-bond acceptors (Lipinski definition) is 6. The van der Waals surface area contributed by atoms with Crippen molar-refractivity contribution < 1.29 is 13.9 Å². The average Bonchev–Trinajstić information content (AvgIpc) is 2.97. The number of nitrogens with zero attached hydrogens (tertiary/aromatic N) is 3. The Morgan fingerprint density at radius 2 is 2.08 bits per heavy atom. The number of carbonyl (C=O) groups excluding carboxylic acids is 1. The lowest BCUT2D eigenvalue weighted by atomic mass is 10.1. The summed E-state index contributed by atoms with van der Waals surface area (Å²) in [5.41, 5.74) is 1.10. The van der Waals surface area contributed by atoms with Crippen molar-refractivity contribution in [2.45, 2.75) is 32.9 Å². The van der Waals surface area contributed by atoms with Gasteiger partial charge in [0.05, 0.1) is 18.1 Å². The molecule has 8 nitrogen and oxygen atoms in total. The molecule has 1 aromatic carbocycles. The van der Waals surface area contributed by atoms with Gasteiger partial charge in [-0.25, -0.2) is 4.79 Å². The molecule has 136 valence electrons. The van der Waals surface area contributed by atoms with Gasteiger partial charge in [-0.2, -0.15) is 0 Å². The molecular weight excluding hydrogens is 336 g/mol. The smallest absolute Gasteiger partial charge is 0.408 e. The van der Waals surface area contributed by atoms with Crippen LogP contribution in [0.3, 0.4) is 0 Å². The van der Waals surface area contributed by atoms with E-state index in [1.54, 1.807) is 56.9 Å². The predicted octanol–water partition coefficient (Wildman–Crippen LogP) is 2.61. The van der Waals surface area contributed by atoms with E-state index in [1.807, 2.05) is 0 Å². The minimum Gasteiger partial charge on any atom is -0.459 e. The van der Waals surface area contributed by atoms with Crippen LogP contribution in [0.15, 0.2) is 39.7 Å². The van der Waals surface area contributed by atoms with Gasteiger partial charge in [0.15, 0.2) is 5.43 Å². The average molecular weight is 356 g/mol. The fraction of sp³-hybridized carbons (Fsp3) is 0.333. The summed E-state index contributed by atoms with van der Waals surface area (Å²) in [6.07, 6.45) is 1.20. The SMILES string of the molecule is Cn1cc(-c2ccc3c(=O)cc(CNC(=O)OC(C)(C)C)oc3c2)nn1. The number of aryl methyl sites for hydroxylation is 1. The molecule has 0 aliphatic heterocycles. The summed E-state index contributed by atoms with van der Waals surface area (Å²) in [6.45, 7) is 5.37. The van der Waals surface area contributed by atoms with Crippen molar-refractivity contribution in [2.24, 2.45) is 7.05 Å². The van der Waals surface area contributed by atoms with E-state index in [4.69, 9.17) is 9.15 Å². The van der Waals surface area contributed by atoms with Gasteiger partial charge in [0.2, 0.25) is 0 Å². The summed E-state index contributed by atoms with van der Waals surface area (Å²) in [5, 5.41) is 11.0. The third-order valence-electron chi connectivity index (χ3n) is 3.48. The first-order chi connectivity index (χ1) is 12.2. The monoisotopic (exact) mass is 356 g/mol. The van der Waals surface area contributed by atoms with Gasteiger partial charge in [0.25, 0.3) is 0 Å². The number of carbonyl (C=O) groups is 1. The van der Waals surface area contributed by atoms with E-state index in [0.717, 1.165) is 5.56 Å². The number of rotatable bonds is 3. The molecule has 0 atom stereocenters. The largest absolute Gasteiger partial charge is 0.459 e. The number of benzene rings is 1. The lowest BCUT2D eigenvalue weighted by molar-refractivity contribution is 0.0520. The maximum Gasteiger partial charge on any atom is 0.408 e. The molecule has 0 saturated carbocycles. The fourth-order valence-corrected chi connectivity index (χ4v) is 2.40. The number of nitrogens with one attached hydrogen (secondary N) is 1. The van der Waals surface area contributed by atoms with Gasteiger partial charge in [-0.05, 0) is 32.9 Å². The second-order valence-electron chi connectivity index (χ2n) is 6.92. The molecule has 3 rings (SSSR count). The summed E-state index contributed by atoms with van der Waals surface area (Å²) in [6, 6.07) is 6.58. The lowest BCUT2D eigenvalue weighted by Crippen LogP contribution is -2.32. The zero-order valence-corrected chi connectivity index (χ0v) is 15.1. The number of amides is 1. The molecule has 1 N–H and O–H groups in total. The van der Waals surface area contributed by atoms with Crippen molar-refractivity contribution in [1.82, 2.24) is 20.3 Å². The maximum atomic E-state index is 12.3. The van der Waals surface area contributed by atoms with Crippen molar-refractivity contribution in [2.75, 3.05) is 0 Å². The molecule has 0 aliphatic carbocycles. The number of fused-ring (bicyclic) bond motifs is 1. The molecule has 0 radical (unpaired) electrons. The van der Waals surface area contributed by atoms with E-state index in [-0.39, 0.29) is 12.0 Å². The molecule has 3 aromatic rings. The molecule has 1 amide bonds. The van der Waals surface area contributed by atoms with E-state index >= 15 is 0 Å². The molecule has 0 spiro atoms. The Balaban J connectivity index is 1.86. The molecule has 0 aliphatic rings. The predicted molar refractivity (Wildman–Crippen MR) is 95.6 cm³/mol. The Morgan fingerprint density at radius 3 is 2.73 bits per heavy atom. The lowest BCUT2D eigenvalue weighted by Gasteiger charge is -2.19. The summed E-state index contributed by atoms with van der Waals surface area (Å²) in [5.74, 6) is 0.338. The van der Waals surface area contributed by atoms with Gasteiger partial charge < -0.3 is 14.5 Å². The van der Waals surface area contributed by atoms with Gasteiger partial charge in [-0.1, -0.05) is 11.3 Å². The second kappa shape index (κ2) is 6.62. The van der Waals surface area contributed by atoms with Crippen LogP contribution in [-0.2, 0) is 18.3 Å². The van der Waals surface area contributed by atoms with Crippen LogP contribution in [0.1, 0.15) is 26.5 Å². The zero-order chi connectivity index (χ0) is 18.9. The molecule has 0 saturated heterocycles. The number of ether oxygens (including phenoxy) is 1. The van der Waals surface area contributed by atoms with Crippen LogP contribution >= 0.6 is 0 Å². The van der Waals surface area contributed by atoms with Crippen molar-refractivity contribution in [1.29, 1.82) is 0 Å². The van der Waals surface area contributed by atoms with Crippen molar-refractivity contribution in [3.8, 4) is 11.3 Å². The Labute approximate surface area is 149 Å². The molecule has 0 bridgehead atoms. The highest BCUT2D eigenvalue weighted by atomic mass is 16.6. The van der Waals surface area contributed by atoms with Gasteiger partial charge in [-0.15, -0.1) is 5.10 Å². The Morgan fingerprint density at radius 1 is 1.31 bits per heavy atom. The van der Waals surface area contributed by atoms with Gasteiger partial charge in [-0.3, -0.25) is 9.48 Å². The van der Waals surface area contributed by atoms with Gasteiger partial charge in [0, 0.05) is 18.7 Å². The highest BCUT2D eigenvalue weighted by Gasteiger charge is 2.16. The van der Waals surface area contributed by atoms with E-state index in [0.29, 0.717) is 22.4 Å². The highest BCUT2D eigenvalue weighted by molar-refractivity contribution is 5.81. The molecule has 26 heavy (non-hydrogen) atoms. The van der Waals surface area contributed by atoms with E-state index < -0.39 is 11.7 Å². The van der Waals surface area contributed by atoms with Crippen molar-refractivity contribution in [3.63, 3.8) is 0 Å². The minimum atomic E-state index is -0.597. The van der Waals surface area contributed by atoms with Crippen molar-refractivity contribution in [3.05, 3.63) is 46.4 Å². The maximum absolute atomic E-state index is 12.3. The van der Waals surface area contributed by atoms with Gasteiger partial charge in [0.1, 0.15) is 22.6 Å². The minimum absolute atomic E-state index is 0.0511. The molecule has 0 fully saturated rings. The standard InChI is InChI=1S/C18H20N4O4/c1-18(2,3)26-17(24)19-9-12-8-15(23)13-6-5-11(7-16(13)25-12)14-10-22(4)21-20-14/h5-8,10H,9H2,1-4H3,(H,19,24). The first kappa shape index (κ1) is 17.7. The van der Waals surface area contributed by atoms with Crippen LogP contribution < -0.4 is 10.7 Å². The van der Waals surface area contributed by atoms with E-state index in [2.05, 4.69) is 15.6 Å². The van der Waals surface area contributed by atoms with Crippen LogP contribution in [0.2, 0.25) is 0 Å². The third kappa shape index (κ3) is 4.08. The normalized spacial score (nSPS) is 11.5. The van der Waals surface area contributed by atoms with E-state index in [1.165, 1.54) is 6.07 Å². The third-order valence-corrected chi connectivity index (χ3v) is 3.48. The van der Waals surface area contributed by atoms with Crippen LogP contribution in [-0.4, -0.2) is 26.7 Å². The van der Waals surface area contributed by atoms with Crippen LogP contribution in [0.4, 0.5) is 4.79 Å². The Hall–Kier alpha value is -3.16. The second-order valence-corrected chi connectivity index (χ2v) is 6.92. The quantitative estimate of drug-likeness (QED) is 0.774. The number of aromatic nitrogens is 3. The van der Waals surface area contributed by atoms with E-state index in [9.17, 15) is 9.59 Å². The summed E-state index contributed by atoms with van der Waals surface area (Å²) in [4.78, 5) is 24.0. The van der Waals surface area contributed by atoms with Crippen LogP contribution in [0, 0.1) is 0 Å². The Bertz CT molecular complexity index is 1010. The fourth-order valence-electron chi connectivity index (χ4n) is 2.40. The molecule has 0 unspecified atom stereocenters. The summed E-state index contributed by atoms with van der Waals surface area (Å²) in [7, 11) is 1.78. The van der Waals surface area contributed by atoms with Gasteiger partial charge >= 0.3 is 6.09 Å². The van der Waals surface area contributed by atoms with Crippen molar-refractivity contribution >= 4 is 17.1 Å². The molecular formula is C18H20N4O4. The first-order valence-electron chi connectivity index (χ1n) is 8.11. The topological polar surface area (TPSA) is 99.2 Å². The number of hydrogen-bond donors (Lipinski definition) is 1. The zero-order valence-electron chi connectivity index (χ0n) is 15.1. The summed E-state index contributed by atoms with van der Waals surface area (Å²) >= 11 is 0. The molecule has 8 heteroatoms. The van der Waals surface area contributed by atoms with Crippen LogP contribution in [0.25, 0.3) is 22.2 Å². The number of alkyl carbamates (subject to hydrolysis) is 1. The van der Waals surface area contributed by atoms with Crippen LogP contribution in [0.5, 0.6) is 0 Å². The Kier molecular flexibility index (Phi) is 4.50.